The first-order valence-corrected chi connectivity index (χ1v) is 12.4. The minimum absolute atomic E-state index is 0.0495. The average Bonchev–Trinajstić information content (AvgIpc) is 3.16. The Kier molecular flexibility index (Phi) is 8.52. The molecule has 2 nitrogen and oxygen atoms in total. The predicted octanol–water partition coefficient (Wildman–Crippen LogP) is 7.21. The van der Waals surface area contributed by atoms with Crippen LogP contribution < -0.4 is 0 Å². The highest BCUT2D eigenvalue weighted by Gasteiger charge is 2.47. The van der Waals surface area contributed by atoms with Gasteiger partial charge in [-0.25, -0.2) is 0 Å². The highest BCUT2D eigenvalue weighted by molar-refractivity contribution is 7.46. The lowest BCUT2D eigenvalue weighted by atomic mass is 9.71. The molecule has 0 aromatic heterocycles. The van der Waals surface area contributed by atoms with Crippen LogP contribution in [-0.4, -0.2) is 17.2 Å². The summed E-state index contributed by atoms with van der Waals surface area (Å²) in [5, 5.41) is 0. The molecule has 0 aliphatic heterocycles. The van der Waals surface area contributed by atoms with Crippen LogP contribution in [0.2, 0.25) is 0 Å². The molecule has 1 fully saturated rings. The zero-order chi connectivity index (χ0) is 19.7. The van der Waals surface area contributed by atoms with Gasteiger partial charge in [0, 0.05) is 11.6 Å². The van der Waals surface area contributed by atoms with E-state index in [-0.39, 0.29) is 11.5 Å². The fourth-order valence-electron chi connectivity index (χ4n) is 4.64. The summed E-state index contributed by atoms with van der Waals surface area (Å²) in [5.74, 6) is 0. The first kappa shape index (κ1) is 21.5. The highest BCUT2D eigenvalue weighted by Crippen LogP contribution is 2.52. The first-order valence-electron chi connectivity index (χ1n) is 11.0. The molecule has 2 atom stereocenters. The Balaban J connectivity index is 1.69. The fourth-order valence-corrected chi connectivity index (χ4v) is 5.82. The predicted molar refractivity (Wildman–Crippen MR) is 120 cm³/mol. The molecular weight excluding hydrogens is 363 g/mol. The lowest BCUT2D eigenvalue weighted by Gasteiger charge is -2.37. The summed E-state index contributed by atoms with van der Waals surface area (Å²) >= 11 is 0. The summed E-state index contributed by atoms with van der Waals surface area (Å²) in [6.07, 6.45) is 11.5. The van der Waals surface area contributed by atoms with Gasteiger partial charge in [0.15, 0.2) is 8.38 Å². The molecule has 0 amide bonds. The second kappa shape index (κ2) is 11.1. The molecule has 0 spiro atoms. The van der Waals surface area contributed by atoms with Crippen LogP contribution in [0.15, 0.2) is 60.7 Å². The maximum atomic E-state index is 10.7. The smallest absolute Gasteiger partial charge is 0.168 e. The summed E-state index contributed by atoms with van der Waals surface area (Å²) in [5.41, 5.74) is 2.48. The minimum Gasteiger partial charge on any atom is -0.350 e. The van der Waals surface area contributed by atoms with Crippen molar-refractivity contribution >= 4 is 8.38 Å². The zero-order valence-corrected chi connectivity index (χ0v) is 18.1. The molecule has 2 aromatic rings. The first-order chi connectivity index (χ1) is 13.8. The van der Waals surface area contributed by atoms with E-state index in [1.165, 1.54) is 43.2 Å². The van der Waals surface area contributed by atoms with Crippen LogP contribution in [0.5, 0.6) is 0 Å². The molecule has 0 bridgehead atoms. The van der Waals surface area contributed by atoms with Crippen molar-refractivity contribution in [3.63, 3.8) is 0 Å². The van der Waals surface area contributed by atoms with E-state index >= 15 is 0 Å². The van der Waals surface area contributed by atoms with E-state index in [4.69, 9.17) is 4.52 Å². The van der Waals surface area contributed by atoms with E-state index in [2.05, 4.69) is 67.6 Å². The molecule has 0 heterocycles. The van der Waals surface area contributed by atoms with Crippen molar-refractivity contribution in [2.24, 2.45) is 0 Å². The van der Waals surface area contributed by atoms with Gasteiger partial charge in [0.1, 0.15) is 0 Å². The van der Waals surface area contributed by atoms with Crippen molar-refractivity contribution < 1.29 is 9.42 Å². The van der Waals surface area contributed by atoms with Gasteiger partial charge in [-0.3, -0.25) is 0 Å². The van der Waals surface area contributed by atoms with E-state index in [0.717, 1.165) is 31.8 Å². The third kappa shape index (κ3) is 5.23. The maximum Gasteiger partial charge on any atom is 0.168 e. The molecule has 28 heavy (non-hydrogen) atoms. The Morgan fingerprint density at radius 2 is 1.46 bits per heavy atom. The summed E-state index contributed by atoms with van der Waals surface area (Å²) in [7, 11) is -1.36. The Morgan fingerprint density at radius 3 is 2.07 bits per heavy atom. The highest BCUT2D eigenvalue weighted by atomic mass is 31.2. The van der Waals surface area contributed by atoms with Gasteiger partial charge in [-0.05, 0) is 36.8 Å². The van der Waals surface area contributed by atoms with Gasteiger partial charge in [-0.1, -0.05) is 99.7 Å². The number of hydrogen-bond donors (Lipinski definition) is 1. The molecule has 1 N–H and O–H groups in total. The average molecular weight is 399 g/mol. The van der Waals surface area contributed by atoms with E-state index in [1.54, 1.807) is 0 Å². The number of rotatable bonds is 11. The second-order valence-corrected chi connectivity index (χ2v) is 9.40. The lowest BCUT2D eigenvalue weighted by molar-refractivity contribution is 0.154. The summed E-state index contributed by atoms with van der Waals surface area (Å²) < 4.78 is 6.38. The number of benzene rings is 2. The van der Waals surface area contributed by atoms with Gasteiger partial charge >= 0.3 is 0 Å². The quantitative estimate of drug-likeness (QED) is 0.320. The van der Waals surface area contributed by atoms with Crippen molar-refractivity contribution in [2.75, 3.05) is 6.16 Å². The van der Waals surface area contributed by atoms with Crippen molar-refractivity contribution in [2.45, 2.75) is 76.2 Å². The number of unbranched alkanes of at least 4 members (excludes halogenated alkanes) is 5. The third-order valence-electron chi connectivity index (χ3n) is 6.12. The molecule has 2 unspecified atom stereocenters. The molecule has 1 saturated carbocycles. The van der Waals surface area contributed by atoms with E-state index in [0.29, 0.717) is 0 Å². The van der Waals surface area contributed by atoms with Crippen molar-refractivity contribution in [3.8, 4) is 0 Å². The van der Waals surface area contributed by atoms with Crippen LogP contribution in [-0.2, 0) is 9.94 Å². The molecular formula is C25H35O2P. The minimum atomic E-state index is -1.36. The zero-order valence-electron chi connectivity index (χ0n) is 17.2. The van der Waals surface area contributed by atoms with E-state index < -0.39 is 8.38 Å². The molecule has 152 valence electrons. The topological polar surface area (TPSA) is 29.5 Å². The van der Waals surface area contributed by atoms with E-state index in [1.807, 2.05) is 0 Å². The van der Waals surface area contributed by atoms with Crippen LogP contribution in [0.4, 0.5) is 0 Å². The van der Waals surface area contributed by atoms with Crippen molar-refractivity contribution in [1.29, 1.82) is 0 Å². The van der Waals surface area contributed by atoms with Crippen molar-refractivity contribution in [1.82, 2.24) is 0 Å². The lowest BCUT2D eigenvalue weighted by Crippen LogP contribution is -2.37. The normalized spacial score (nSPS) is 19.6. The van der Waals surface area contributed by atoms with Crippen LogP contribution in [0.3, 0.4) is 0 Å². The van der Waals surface area contributed by atoms with Crippen LogP contribution in [0.1, 0.15) is 75.8 Å². The fraction of sp³-hybridized carbons (Fsp3) is 0.520. The van der Waals surface area contributed by atoms with Crippen molar-refractivity contribution in [3.05, 3.63) is 71.8 Å². The van der Waals surface area contributed by atoms with Gasteiger partial charge in [-0.15, -0.1) is 0 Å². The Bertz CT molecular complexity index is 634. The molecule has 3 heteroatoms. The van der Waals surface area contributed by atoms with Crippen LogP contribution in [0, 0.1) is 0 Å². The Labute approximate surface area is 172 Å². The molecule has 2 aromatic carbocycles. The van der Waals surface area contributed by atoms with Gasteiger partial charge in [-0.2, -0.15) is 0 Å². The monoisotopic (exact) mass is 398 g/mol. The molecule has 1 aliphatic carbocycles. The van der Waals surface area contributed by atoms with E-state index in [9.17, 15) is 4.89 Å². The molecule has 0 radical (unpaired) electrons. The number of hydrogen-bond acceptors (Lipinski definition) is 2. The Hall–Kier alpha value is -1.21. The third-order valence-corrected chi connectivity index (χ3v) is 7.31. The molecule has 0 saturated heterocycles. The maximum absolute atomic E-state index is 10.7. The summed E-state index contributed by atoms with van der Waals surface area (Å²) in [6.45, 7) is 2.24. The summed E-state index contributed by atoms with van der Waals surface area (Å²) in [4.78, 5) is 10.7. The SMILES string of the molecule is CCCCCCCCP(O)OC1CCCC1(c1ccccc1)c1ccccc1. The van der Waals surface area contributed by atoms with Gasteiger partial charge < -0.3 is 9.42 Å². The van der Waals surface area contributed by atoms with Gasteiger partial charge in [0.2, 0.25) is 0 Å². The molecule has 3 rings (SSSR count). The van der Waals surface area contributed by atoms with Gasteiger partial charge in [0.05, 0.1) is 6.10 Å². The second-order valence-electron chi connectivity index (χ2n) is 8.03. The standard InChI is InChI=1S/C25H35O2P/c1-2-3-4-5-6-13-21-28(26)27-24-19-14-20-25(24,22-15-9-7-10-16-22)23-17-11-8-12-18-23/h7-12,15-18,24,26H,2-6,13-14,19-21H2,1H3. The Morgan fingerprint density at radius 1 is 0.893 bits per heavy atom. The van der Waals surface area contributed by atoms with Crippen LogP contribution >= 0.6 is 8.38 Å². The van der Waals surface area contributed by atoms with Crippen LogP contribution in [0.25, 0.3) is 0 Å². The summed E-state index contributed by atoms with van der Waals surface area (Å²) in [6, 6.07) is 21.5. The van der Waals surface area contributed by atoms with Gasteiger partial charge in [0.25, 0.3) is 0 Å². The largest absolute Gasteiger partial charge is 0.350 e. The molecule has 1 aliphatic rings.